The molecule has 4 heteroatoms. The SMILES string of the molecule is CC(C)C1[C@H]2CC[C@H](C2)[C@H]1NC(=O)OCc1ccc(Br)cc1. The second-order valence-electron chi connectivity index (χ2n) is 7.03. The zero-order valence-corrected chi connectivity index (χ0v) is 14.8. The van der Waals surface area contributed by atoms with Crippen molar-refractivity contribution >= 4 is 22.0 Å². The third-order valence-corrected chi connectivity index (χ3v) is 5.85. The summed E-state index contributed by atoms with van der Waals surface area (Å²) in [5, 5.41) is 3.15. The number of fused-ring (bicyclic) bond motifs is 2. The Morgan fingerprint density at radius 3 is 2.64 bits per heavy atom. The molecule has 1 N–H and O–H groups in total. The standard InChI is InChI=1S/C18H24BrNO2/c1-11(2)16-13-5-6-14(9-13)17(16)20-18(21)22-10-12-3-7-15(19)8-4-12/h3-4,7-8,11,13-14,16-17H,5-6,9-10H2,1-2H3,(H,20,21)/t13-,14+,16?,17+/m0/s1. The minimum Gasteiger partial charge on any atom is -0.445 e. The molecule has 1 aromatic carbocycles. The second-order valence-corrected chi connectivity index (χ2v) is 7.94. The molecule has 0 aromatic heterocycles. The molecule has 0 spiro atoms. The Morgan fingerprint density at radius 2 is 1.95 bits per heavy atom. The van der Waals surface area contributed by atoms with E-state index in [1.807, 2.05) is 24.3 Å². The highest BCUT2D eigenvalue weighted by atomic mass is 79.9. The first-order valence-electron chi connectivity index (χ1n) is 8.22. The summed E-state index contributed by atoms with van der Waals surface area (Å²) in [5.41, 5.74) is 1.01. The van der Waals surface area contributed by atoms with Gasteiger partial charge in [0.05, 0.1) is 0 Å². The van der Waals surface area contributed by atoms with Crippen molar-refractivity contribution in [3.05, 3.63) is 34.3 Å². The van der Waals surface area contributed by atoms with Gasteiger partial charge < -0.3 is 10.1 Å². The third-order valence-electron chi connectivity index (χ3n) is 5.32. The summed E-state index contributed by atoms with van der Waals surface area (Å²) >= 11 is 3.40. The van der Waals surface area contributed by atoms with Crippen molar-refractivity contribution in [2.75, 3.05) is 0 Å². The number of hydrogen-bond acceptors (Lipinski definition) is 2. The van der Waals surface area contributed by atoms with Crippen LogP contribution < -0.4 is 5.32 Å². The lowest BCUT2D eigenvalue weighted by Crippen LogP contribution is -2.45. The molecule has 4 atom stereocenters. The van der Waals surface area contributed by atoms with E-state index in [4.69, 9.17) is 4.74 Å². The first kappa shape index (κ1) is 15.9. The quantitative estimate of drug-likeness (QED) is 0.836. The first-order chi connectivity index (χ1) is 10.5. The molecule has 2 bridgehead atoms. The molecule has 0 aliphatic heterocycles. The average Bonchev–Trinajstić information content (AvgIpc) is 3.07. The number of hydrogen-bond donors (Lipinski definition) is 1. The van der Waals surface area contributed by atoms with E-state index in [1.54, 1.807) is 0 Å². The maximum Gasteiger partial charge on any atom is 0.407 e. The van der Waals surface area contributed by atoms with Crippen LogP contribution in [0.15, 0.2) is 28.7 Å². The highest BCUT2D eigenvalue weighted by molar-refractivity contribution is 9.10. The van der Waals surface area contributed by atoms with E-state index in [1.165, 1.54) is 19.3 Å². The van der Waals surface area contributed by atoms with Crippen LogP contribution in [0, 0.1) is 23.7 Å². The molecule has 1 unspecified atom stereocenters. The lowest BCUT2D eigenvalue weighted by atomic mass is 9.77. The zero-order valence-electron chi connectivity index (χ0n) is 13.2. The fourth-order valence-corrected chi connectivity index (χ4v) is 4.68. The molecule has 2 aliphatic carbocycles. The van der Waals surface area contributed by atoms with E-state index in [-0.39, 0.29) is 6.09 Å². The van der Waals surface area contributed by atoms with E-state index in [0.29, 0.717) is 30.4 Å². The first-order valence-corrected chi connectivity index (χ1v) is 9.01. The lowest BCUT2D eigenvalue weighted by molar-refractivity contribution is 0.118. The minimum absolute atomic E-state index is 0.272. The molecule has 0 radical (unpaired) electrons. The largest absolute Gasteiger partial charge is 0.445 e. The molecular formula is C18H24BrNO2. The van der Waals surface area contributed by atoms with Gasteiger partial charge in [0, 0.05) is 10.5 Å². The van der Waals surface area contributed by atoms with Crippen LogP contribution in [-0.4, -0.2) is 12.1 Å². The Morgan fingerprint density at radius 1 is 1.27 bits per heavy atom. The molecule has 0 saturated heterocycles. The Balaban J connectivity index is 1.54. The van der Waals surface area contributed by atoms with Crippen molar-refractivity contribution in [3.8, 4) is 0 Å². The Hall–Kier alpha value is -1.03. The van der Waals surface area contributed by atoms with Crippen molar-refractivity contribution in [1.29, 1.82) is 0 Å². The topological polar surface area (TPSA) is 38.3 Å². The maximum absolute atomic E-state index is 12.1. The summed E-state index contributed by atoms with van der Waals surface area (Å²) < 4.78 is 6.43. The Kier molecular flexibility index (Phi) is 4.76. The molecule has 22 heavy (non-hydrogen) atoms. The molecule has 0 heterocycles. The number of amides is 1. The third kappa shape index (κ3) is 3.32. The summed E-state index contributed by atoms with van der Waals surface area (Å²) in [4.78, 5) is 12.1. The van der Waals surface area contributed by atoms with E-state index < -0.39 is 0 Å². The molecule has 2 fully saturated rings. The van der Waals surface area contributed by atoms with Crippen LogP contribution in [0.2, 0.25) is 0 Å². The predicted octanol–water partition coefficient (Wildman–Crippen LogP) is 4.75. The number of benzene rings is 1. The van der Waals surface area contributed by atoms with Gasteiger partial charge in [-0.3, -0.25) is 0 Å². The number of carbonyl (C=O) groups excluding carboxylic acids is 1. The number of rotatable bonds is 4. The molecule has 1 amide bonds. The monoisotopic (exact) mass is 365 g/mol. The maximum atomic E-state index is 12.1. The van der Waals surface area contributed by atoms with Crippen LogP contribution in [0.1, 0.15) is 38.7 Å². The summed E-state index contributed by atoms with van der Waals surface area (Å²) in [6.45, 7) is 4.87. The van der Waals surface area contributed by atoms with Crippen LogP contribution in [-0.2, 0) is 11.3 Å². The van der Waals surface area contributed by atoms with Gasteiger partial charge in [-0.05, 0) is 60.6 Å². The summed E-state index contributed by atoms with van der Waals surface area (Å²) in [6.07, 6.45) is 3.59. The molecular weight excluding hydrogens is 342 g/mol. The molecule has 2 saturated carbocycles. The fourth-order valence-electron chi connectivity index (χ4n) is 4.42. The van der Waals surface area contributed by atoms with Gasteiger partial charge >= 0.3 is 6.09 Å². The van der Waals surface area contributed by atoms with Crippen LogP contribution in [0.4, 0.5) is 4.79 Å². The Labute approximate surface area is 140 Å². The number of halogens is 1. The van der Waals surface area contributed by atoms with Crippen LogP contribution in [0.25, 0.3) is 0 Å². The predicted molar refractivity (Wildman–Crippen MR) is 90.4 cm³/mol. The number of ether oxygens (including phenoxy) is 1. The molecule has 120 valence electrons. The summed E-state index contributed by atoms with van der Waals surface area (Å²) in [7, 11) is 0. The van der Waals surface area contributed by atoms with Gasteiger partial charge in [0.25, 0.3) is 0 Å². The van der Waals surface area contributed by atoms with E-state index in [2.05, 4.69) is 35.1 Å². The van der Waals surface area contributed by atoms with Gasteiger partial charge in [-0.1, -0.05) is 41.9 Å². The highest BCUT2D eigenvalue weighted by Gasteiger charge is 2.49. The van der Waals surface area contributed by atoms with Gasteiger partial charge in [0.1, 0.15) is 6.61 Å². The number of alkyl carbamates (subject to hydrolysis) is 1. The van der Waals surface area contributed by atoms with Gasteiger partial charge in [0.2, 0.25) is 0 Å². The number of nitrogens with one attached hydrogen (secondary N) is 1. The van der Waals surface area contributed by atoms with Gasteiger partial charge in [-0.2, -0.15) is 0 Å². The highest BCUT2D eigenvalue weighted by Crippen LogP contribution is 2.51. The Bertz CT molecular complexity index is 528. The van der Waals surface area contributed by atoms with Crippen molar-refractivity contribution in [2.24, 2.45) is 23.7 Å². The molecule has 1 aromatic rings. The normalized spacial score (nSPS) is 29.8. The van der Waals surface area contributed by atoms with E-state index >= 15 is 0 Å². The van der Waals surface area contributed by atoms with Gasteiger partial charge in [-0.15, -0.1) is 0 Å². The fraction of sp³-hybridized carbons (Fsp3) is 0.611. The van der Waals surface area contributed by atoms with Crippen molar-refractivity contribution in [2.45, 2.75) is 45.8 Å². The van der Waals surface area contributed by atoms with Crippen LogP contribution in [0.3, 0.4) is 0 Å². The smallest absolute Gasteiger partial charge is 0.407 e. The van der Waals surface area contributed by atoms with Crippen LogP contribution in [0.5, 0.6) is 0 Å². The van der Waals surface area contributed by atoms with E-state index in [9.17, 15) is 4.79 Å². The average molecular weight is 366 g/mol. The zero-order chi connectivity index (χ0) is 15.7. The lowest BCUT2D eigenvalue weighted by Gasteiger charge is -2.34. The van der Waals surface area contributed by atoms with Crippen molar-refractivity contribution < 1.29 is 9.53 Å². The second kappa shape index (κ2) is 6.61. The van der Waals surface area contributed by atoms with Crippen molar-refractivity contribution in [3.63, 3.8) is 0 Å². The minimum atomic E-state index is -0.272. The van der Waals surface area contributed by atoms with Gasteiger partial charge in [-0.25, -0.2) is 4.79 Å². The summed E-state index contributed by atoms with van der Waals surface area (Å²) in [5.74, 6) is 2.67. The summed E-state index contributed by atoms with van der Waals surface area (Å²) in [6, 6.07) is 8.15. The molecule has 3 nitrogen and oxygen atoms in total. The van der Waals surface area contributed by atoms with Gasteiger partial charge in [0.15, 0.2) is 0 Å². The van der Waals surface area contributed by atoms with Crippen molar-refractivity contribution in [1.82, 2.24) is 5.32 Å². The van der Waals surface area contributed by atoms with Crippen LogP contribution >= 0.6 is 15.9 Å². The molecule has 2 aliphatic rings. The molecule has 3 rings (SSSR count). The number of carbonyl (C=O) groups is 1. The van der Waals surface area contributed by atoms with E-state index in [0.717, 1.165) is 16.0 Å².